The first kappa shape index (κ1) is 8.74. The second kappa shape index (κ2) is 5.87. The van der Waals surface area contributed by atoms with Gasteiger partial charge in [-0.1, -0.05) is 0 Å². The van der Waals surface area contributed by atoms with Crippen LogP contribution in [0, 0.1) is 0 Å². The molecule has 0 unspecified atom stereocenters. The van der Waals surface area contributed by atoms with Crippen molar-refractivity contribution in [2.45, 2.75) is 39.5 Å². The Morgan fingerprint density at radius 2 is 1.50 bits per heavy atom. The third kappa shape index (κ3) is 4.89. The summed E-state index contributed by atoms with van der Waals surface area (Å²) in [5.41, 5.74) is 0. The van der Waals surface area contributed by atoms with E-state index in [2.05, 4.69) is 13.8 Å². The third-order valence-corrected chi connectivity index (χ3v) is 2.90. The summed E-state index contributed by atoms with van der Waals surface area (Å²) < 4.78 is 1.80. The van der Waals surface area contributed by atoms with Crippen LogP contribution < -0.4 is 0 Å². The van der Waals surface area contributed by atoms with Gasteiger partial charge in [-0.15, -0.1) is 0 Å². The predicted octanol–water partition coefficient (Wildman–Crippen LogP) is 2.31. The Kier molecular flexibility index (Phi) is 6.41. The molecule has 0 radical (unpaired) electrons. The van der Waals surface area contributed by atoms with Crippen molar-refractivity contribution in [3.05, 3.63) is 0 Å². The molecule has 0 amide bonds. The van der Waals surface area contributed by atoms with Crippen molar-refractivity contribution < 1.29 is 23.9 Å². The van der Waals surface area contributed by atoms with Gasteiger partial charge in [-0.3, -0.25) is 0 Å². The molecule has 0 aromatic carbocycles. The molecule has 0 aliphatic carbocycles. The number of hydrogen-bond acceptors (Lipinski definition) is 0. The van der Waals surface area contributed by atoms with Crippen molar-refractivity contribution in [2.24, 2.45) is 0 Å². The SMILES string of the molecule is CCC[C](=[Hf+2])CCC. The molecule has 0 aromatic rings. The van der Waals surface area contributed by atoms with E-state index in [9.17, 15) is 0 Å². The van der Waals surface area contributed by atoms with E-state index in [4.69, 9.17) is 0 Å². The molecular formula is C7H14Hf+2. The van der Waals surface area contributed by atoms with Gasteiger partial charge in [0, 0.05) is 0 Å². The summed E-state index contributed by atoms with van der Waals surface area (Å²) >= 11 is 1.33. The Morgan fingerprint density at radius 1 is 1.12 bits per heavy atom. The molecule has 8 heavy (non-hydrogen) atoms. The summed E-state index contributed by atoms with van der Waals surface area (Å²) in [5.74, 6) is 0. The Morgan fingerprint density at radius 3 is 1.75 bits per heavy atom. The molecule has 0 spiro atoms. The van der Waals surface area contributed by atoms with Gasteiger partial charge >= 0.3 is 66.7 Å². The first-order valence-corrected chi connectivity index (χ1v) is 5.17. The van der Waals surface area contributed by atoms with E-state index >= 15 is 0 Å². The molecule has 0 fully saturated rings. The van der Waals surface area contributed by atoms with E-state index in [-0.39, 0.29) is 0 Å². The van der Waals surface area contributed by atoms with Gasteiger partial charge in [-0.05, 0) is 0 Å². The van der Waals surface area contributed by atoms with Gasteiger partial charge in [-0.2, -0.15) is 0 Å². The number of hydrogen-bond donors (Lipinski definition) is 0. The molecule has 0 aliphatic heterocycles. The van der Waals surface area contributed by atoms with Gasteiger partial charge in [0.15, 0.2) is 0 Å². The maximum atomic E-state index is 2.26. The van der Waals surface area contributed by atoms with Crippen LogP contribution in [0.1, 0.15) is 39.5 Å². The molecule has 0 bridgehead atoms. The molecule has 0 N–H and O–H groups in total. The fraction of sp³-hybridized carbons (Fsp3) is 0.857. The van der Waals surface area contributed by atoms with Crippen molar-refractivity contribution in [2.75, 3.05) is 0 Å². The Labute approximate surface area is 66.7 Å². The molecule has 0 aromatic heterocycles. The third-order valence-electron chi connectivity index (χ3n) is 1.10. The fourth-order valence-electron chi connectivity index (χ4n) is 0.729. The molecule has 0 saturated carbocycles. The van der Waals surface area contributed by atoms with Crippen LogP contribution in [0.15, 0.2) is 0 Å². The van der Waals surface area contributed by atoms with E-state index in [1.807, 2.05) is 0 Å². The zero-order chi connectivity index (χ0) is 6.41. The van der Waals surface area contributed by atoms with E-state index in [1.54, 1.807) is 3.26 Å². The Bertz CT molecular complexity index is 58.8. The molecule has 0 nitrogen and oxygen atoms in total. The Balaban J connectivity index is 3.06. The van der Waals surface area contributed by atoms with Gasteiger partial charge in [0.25, 0.3) is 0 Å². The molecule has 1 heteroatoms. The first-order valence-electron chi connectivity index (χ1n) is 3.37. The minimum absolute atomic E-state index is 1.33. The van der Waals surface area contributed by atoms with Crippen molar-refractivity contribution in [3.8, 4) is 0 Å². The molecular weight excluding hydrogens is 263 g/mol. The summed E-state index contributed by atoms with van der Waals surface area (Å²) in [7, 11) is 0. The van der Waals surface area contributed by atoms with Crippen molar-refractivity contribution in [3.63, 3.8) is 0 Å². The summed E-state index contributed by atoms with van der Waals surface area (Å²) in [6.45, 7) is 4.51. The predicted molar refractivity (Wildman–Crippen MR) is 34.8 cm³/mol. The minimum atomic E-state index is 1.33. The second-order valence-electron chi connectivity index (χ2n) is 2.10. The molecule has 0 aliphatic rings. The molecule has 0 saturated heterocycles. The van der Waals surface area contributed by atoms with Gasteiger partial charge in [0.05, 0.1) is 0 Å². The van der Waals surface area contributed by atoms with E-state index in [1.165, 1.54) is 49.6 Å². The van der Waals surface area contributed by atoms with Gasteiger partial charge in [0.1, 0.15) is 0 Å². The second-order valence-corrected chi connectivity index (χ2v) is 4.64. The van der Waals surface area contributed by atoms with E-state index < -0.39 is 0 Å². The van der Waals surface area contributed by atoms with Gasteiger partial charge in [-0.25, -0.2) is 0 Å². The zero-order valence-corrected chi connectivity index (χ0v) is 9.42. The van der Waals surface area contributed by atoms with Crippen LogP contribution in [-0.2, 0) is 23.9 Å². The normalized spacial score (nSPS) is 9.50. The molecule has 0 heterocycles. The molecule has 44 valence electrons. The van der Waals surface area contributed by atoms with Crippen LogP contribution in [0.5, 0.6) is 0 Å². The van der Waals surface area contributed by atoms with Crippen LogP contribution in [0.25, 0.3) is 0 Å². The number of rotatable bonds is 4. The average molecular weight is 277 g/mol. The van der Waals surface area contributed by atoms with Gasteiger partial charge < -0.3 is 0 Å². The monoisotopic (exact) mass is 278 g/mol. The van der Waals surface area contributed by atoms with Crippen LogP contribution >= 0.6 is 0 Å². The van der Waals surface area contributed by atoms with Crippen molar-refractivity contribution in [1.82, 2.24) is 0 Å². The van der Waals surface area contributed by atoms with Gasteiger partial charge in [0.2, 0.25) is 0 Å². The van der Waals surface area contributed by atoms with Crippen LogP contribution in [0.4, 0.5) is 0 Å². The van der Waals surface area contributed by atoms with Crippen LogP contribution in [0.3, 0.4) is 0 Å². The Hall–Kier alpha value is 0.740. The first-order chi connectivity index (χ1) is 3.81. The van der Waals surface area contributed by atoms with Crippen molar-refractivity contribution in [1.29, 1.82) is 0 Å². The van der Waals surface area contributed by atoms with E-state index in [0.717, 1.165) is 0 Å². The quantitative estimate of drug-likeness (QED) is 0.691. The van der Waals surface area contributed by atoms with E-state index in [0.29, 0.717) is 0 Å². The topological polar surface area (TPSA) is 0 Å². The summed E-state index contributed by atoms with van der Waals surface area (Å²) in [6.07, 6.45) is 5.47. The summed E-state index contributed by atoms with van der Waals surface area (Å²) in [5, 5.41) is 0. The standard InChI is InChI=1S/C7H14.Hf/c1-3-5-7-6-4-2;/h3-6H2,1-2H3;/q;+2. The molecule has 0 rings (SSSR count). The maximum absolute atomic E-state index is 2.26. The average Bonchev–Trinajstić information content (AvgIpc) is 1.68. The fourth-order valence-corrected chi connectivity index (χ4v) is 2.52. The summed E-state index contributed by atoms with van der Waals surface area (Å²) in [6, 6.07) is 0. The zero-order valence-electron chi connectivity index (χ0n) is 5.83. The van der Waals surface area contributed by atoms with Crippen molar-refractivity contribution >= 4 is 3.26 Å². The molecule has 0 atom stereocenters. The summed E-state index contributed by atoms with van der Waals surface area (Å²) in [4.78, 5) is 0. The van der Waals surface area contributed by atoms with Crippen LogP contribution in [0.2, 0.25) is 0 Å². The van der Waals surface area contributed by atoms with Crippen LogP contribution in [-0.4, -0.2) is 3.26 Å².